The minimum Gasteiger partial charge on any atom is -0.504 e. The van der Waals surface area contributed by atoms with E-state index in [2.05, 4.69) is 22.1 Å². The first-order valence-corrected chi connectivity index (χ1v) is 9.73. The summed E-state index contributed by atoms with van der Waals surface area (Å²) in [5.41, 5.74) is 3.88. The number of methoxy groups -OCH3 is 1. The van der Waals surface area contributed by atoms with E-state index >= 15 is 0 Å². The van der Waals surface area contributed by atoms with Crippen molar-refractivity contribution in [2.45, 2.75) is 38.0 Å². The molecule has 5 heteroatoms. The van der Waals surface area contributed by atoms with Crippen LogP contribution in [-0.2, 0) is 0 Å². The number of H-pyrrole nitrogens is 1. The maximum Gasteiger partial charge on any atom is 0.345 e. The summed E-state index contributed by atoms with van der Waals surface area (Å²) in [4.78, 5) is 19.1. The molecule has 1 aliphatic carbocycles. The first kappa shape index (κ1) is 18.3. The van der Waals surface area contributed by atoms with E-state index in [1.807, 2.05) is 18.2 Å². The van der Waals surface area contributed by atoms with Crippen molar-refractivity contribution in [3.8, 4) is 34.0 Å². The Bertz CT molecular complexity index is 1020. The number of aromatic hydroxyl groups is 1. The number of rotatable bonds is 4. The van der Waals surface area contributed by atoms with Gasteiger partial charge in [0.1, 0.15) is 0 Å². The number of hydrogen-bond donors (Lipinski definition) is 2. The number of nitrogens with one attached hydrogen (secondary N) is 1. The minimum atomic E-state index is -0.407. The second kappa shape index (κ2) is 7.89. The van der Waals surface area contributed by atoms with Crippen molar-refractivity contribution >= 4 is 0 Å². The molecular formula is C23H24N2O3. The van der Waals surface area contributed by atoms with Gasteiger partial charge in [-0.25, -0.2) is 4.79 Å². The summed E-state index contributed by atoms with van der Waals surface area (Å²) >= 11 is 0. The lowest BCUT2D eigenvalue weighted by atomic mass is 9.84. The number of benzene rings is 2. The van der Waals surface area contributed by atoms with Crippen molar-refractivity contribution in [2.75, 3.05) is 7.11 Å². The fourth-order valence-corrected chi connectivity index (χ4v) is 3.97. The van der Waals surface area contributed by atoms with Crippen molar-refractivity contribution in [1.29, 1.82) is 0 Å². The number of phenols is 1. The average Bonchev–Trinajstić information content (AvgIpc) is 2.74. The van der Waals surface area contributed by atoms with Gasteiger partial charge in [0.05, 0.1) is 18.5 Å². The zero-order chi connectivity index (χ0) is 19.5. The van der Waals surface area contributed by atoms with Gasteiger partial charge < -0.3 is 14.8 Å². The van der Waals surface area contributed by atoms with Crippen LogP contribution in [0.15, 0.2) is 53.3 Å². The van der Waals surface area contributed by atoms with E-state index in [4.69, 9.17) is 4.74 Å². The Morgan fingerprint density at radius 2 is 1.71 bits per heavy atom. The molecule has 0 radical (unpaired) electrons. The number of phenolic OH excluding ortho intramolecular Hbond substituents is 1. The molecule has 1 saturated carbocycles. The number of nitrogens with zero attached hydrogens (tertiary/aromatic N) is 1. The van der Waals surface area contributed by atoms with Crippen LogP contribution in [0.4, 0.5) is 0 Å². The molecule has 4 rings (SSSR count). The van der Waals surface area contributed by atoms with Gasteiger partial charge >= 0.3 is 5.69 Å². The predicted molar refractivity (Wildman–Crippen MR) is 110 cm³/mol. The largest absolute Gasteiger partial charge is 0.504 e. The fraction of sp³-hybridized carbons (Fsp3) is 0.304. The fourth-order valence-electron chi connectivity index (χ4n) is 3.97. The van der Waals surface area contributed by atoms with Gasteiger partial charge in [0.25, 0.3) is 0 Å². The Balaban J connectivity index is 1.66. The van der Waals surface area contributed by atoms with Gasteiger partial charge in [-0.15, -0.1) is 0 Å². The first-order valence-electron chi connectivity index (χ1n) is 9.73. The van der Waals surface area contributed by atoms with Crippen molar-refractivity contribution in [3.05, 3.63) is 64.6 Å². The van der Waals surface area contributed by atoms with Crippen LogP contribution in [0.3, 0.4) is 0 Å². The smallest absolute Gasteiger partial charge is 0.345 e. The van der Waals surface area contributed by atoms with E-state index in [-0.39, 0.29) is 5.75 Å². The van der Waals surface area contributed by atoms with Gasteiger partial charge in [-0.2, -0.15) is 4.98 Å². The Morgan fingerprint density at radius 3 is 2.43 bits per heavy atom. The van der Waals surface area contributed by atoms with Crippen LogP contribution in [-0.4, -0.2) is 22.2 Å². The Kier molecular flexibility index (Phi) is 5.15. The van der Waals surface area contributed by atoms with Gasteiger partial charge in [0.2, 0.25) is 0 Å². The molecule has 0 saturated heterocycles. The van der Waals surface area contributed by atoms with Gasteiger partial charge in [-0.1, -0.05) is 43.5 Å². The zero-order valence-electron chi connectivity index (χ0n) is 15.9. The number of aromatic nitrogens is 2. The summed E-state index contributed by atoms with van der Waals surface area (Å²) in [6.45, 7) is 0. The summed E-state index contributed by atoms with van der Waals surface area (Å²) in [7, 11) is 1.49. The third-order valence-electron chi connectivity index (χ3n) is 5.52. The third kappa shape index (κ3) is 3.79. The molecular weight excluding hydrogens is 352 g/mol. The summed E-state index contributed by atoms with van der Waals surface area (Å²) in [5.74, 6) is 1.06. The normalized spacial score (nSPS) is 14.8. The molecule has 2 N–H and O–H groups in total. The van der Waals surface area contributed by atoms with Gasteiger partial charge in [0.15, 0.2) is 11.5 Å². The minimum absolute atomic E-state index is 0.0566. The van der Waals surface area contributed by atoms with Crippen molar-refractivity contribution in [2.24, 2.45) is 0 Å². The van der Waals surface area contributed by atoms with Gasteiger partial charge in [-0.05, 0) is 48.6 Å². The summed E-state index contributed by atoms with van der Waals surface area (Å²) in [5, 5.41) is 9.79. The Hall–Kier alpha value is -3.08. The highest BCUT2D eigenvalue weighted by atomic mass is 16.5. The van der Waals surface area contributed by atoms with E-state index in [0.717, 1.165) is 11.1 Å². The second-order valence-electron chi connectivity index (χ2n) is 7.33. The van der Waals surface area contributed by atoms with Gasteiger partial charge in [0, 0.05) is 11.1 Å². The van der Waals surface area contributed by atoms with Crippen LogP contribution in [0, 0.1) is 0 Å². The molecule has 0 atom stereocenters. The topological polar surface area (TPSA) is 75.2 Å². The molecule has 0 aliphatic heterocycles. The quantitative estimate of drug-likeness (QED) is 0.681. The lowest BCUT2D eigenvalue weighted by Crippen LogP contribution is -2.12. The SMILES string of the molecule is COc1cc(-c2cc(-c3ccc(C4CCCCC4)cc3)nc(=O)[nH]2)ccc1O. The molecule has 1 aliphatic rings. The van der Waals surface area contributed by atoms with E-state index in [0.29, 0.717) is 23.1 Å². The highest BCUT2D eigenvalue weighted by molar-refractivity contribution is 5.69. The molecule has 0 unspecified atom stereocenters. The molecule has 3 aromatic rings. The highest BCUT2D eigenvalue weighted by Crippen LogP contribution is 2.34. The van der Waals surface area contributed by atoms with Crippen LogP contribution < -0.4 is 10.4 Å². The van der Waals surface area contributed by atoms with Crippen molar-refractivity contribution in [1.82, 2.24) is 9.97 Å². The van der Waals surface area contributed by atoms with E-state index in [1.54, 1.807) is 18.2 Å². The zero-order valence-corrected chi connectivity index (χ0v) is 15.9. The standard InChI is InChI=1S/C23H24N2O3/c1-28-22-13-18(11-12-21(22)26)20-14-19(24-23(27)25-20)17-9-7-16(8-10-17)15-5-3-2-4-6-15/h7-15,26H,2-6H2,1H3,(H,24,25,27). The molecule has 0 bridgehead atoms. The van der Waals surface area contributed by atoms with Crippen LogP contribution in [0.5, 0.6) is 11.5 Å². The molecule has 1 heterocycles. The van der Waals surface area contributed by atoms with Gasteiger partial charge in [-0.3, -0.25) is 0 Å². The molecule has 1 aromatic heterocycles. The second-order valence-corrected chi connectivity index (χ2v) is 7.33. The van der Waals surface area contributed by atoms with Crippen molar-refractivity contribution < 1.29 is 9.84 Å². The lowest BCUT2D eigenvalue weighted by Gasteiger charge is -2.22. The predicted octanol–water partition coefficient (Wildman–Crippen LogP) is 4.87. The van der Waals surface area contributed by atoms with Crippen LogP contribution >= 0.6 is 0 Å². The molecule has 28 heavy (non-hydrogen) atoms. The van der Waals surface area contributed by atoms with Crippen LogP contribution in [0.25, 0.3) is 22.5 Å². The maximum atomic E-state index is 12.1. The Labute approximate surface area is 164 Å². The van der Waals surface area contributed by atoms with Crippen LogP contribution in [0.2, 0.25) is 0 Å². The Morgan fingerprint density at radius 1 is 1.00 bits per heavy atom. The molecule has 0 amide bonds. The molecule has 1 fully saturated rings. The maximum absolute atomic E-state index is 12.1. The summed E-state index contributed by atoms with van der Waals surface area (Å²) in [6.07, 6.45) is 6.48. The third-order valence-corrected chi connectivity index (χ3v) is 5.52. The van der Waals surface area contributed by atoms with E-state index in [1.165, 1.54) is 44.8 Å². The molecule has 2 aromatic carbocycles. The van der Waals surface area contributed by atoms with Crippen molar-refractivity contribution in [3.63, 3.8) is 0 Å². The van der Waals surface area contributed by atoms with E-state index in [9.17, 15) is 9.90 Å². The number of ether oxygens (including phenoxy) is 1. The summed E-state index contributed by atoms with van der Waals surface area (Å²) < 4.78 is 5.17. The molecule has 0 spiro atoms. The lowest BCUT2D eigenvalue weighted by molar-refractivity contribution is 0.373. The summed E-state index contributed by atoms with van der Waals surface area (Å²) in [6, 6.07) is 15.2. The molecule has 144 valence electrons. The average molecular weight is 376 g/mol. The monoisotopic (exact) mass is 376 g/mol. The first-order chi connectivity index (χ1) is 13.6. The number of hydrogen-bond acceptors (Lipinski definition) is 4. The van der Waals surface area contributed by atoms with E-state index < -0.39 is 5.69 Å². The highest BCUT2D eigenvalue weighted by Gasteiger charge is 2.15. The van der Waals surface area contributed by atoms with Crippen LogP contribution in [0.1, 0.15) is 43.6 Å². The number of aromatic amines is 1. The molecule has 5 nitrogen and oxygen atoms in total.